The third-order valence-corrected chi connectivity index (χ3v) is 2.89. The van der Waals surface area contributed by atoms with E-state index >= 15 is 0 Å². The van der Waals surface area contributed by atoms with E-state index in [1.165, 1.54) is 11.1 Å². The normalized spacial score (nSPS) is 13.3. The number of hydrogen-bond acceptors (Lipinski definition) is 2. The van der Waals surface area contributed by atoms with Crippen molar-refractivity contribution in [1.29, 1.82) is 0 Å². The molecule has 4 heteroatoms. The highest BCUT2D eigenvalue weighted by molar-refractivity contribution is 5.14. The average Bonchev–Trinajstić information content (AvgIpc) is 2.84. The van der Waals surface area contributed by atoms with Crippen molar-refractivity contribution in [3.8, 4) is 0 Å². The Morgan fingerprint density at radius 2 is 1.69 bits per heavy atom. The molecule has 0 amide bonds. The van der Waals surface area contributed by atoms with Crippen LogP contribution in [0.4, 0.5) is 0 Å². The average molecular weight is 218 g/mol. The molecule has 2 heterocycles. The van der Waals surface area contributed by atoms with Gasteiger partial charge in [-0.2, -0.15) is 10.2 Å². The smallest absolute Gasteiger partial charge is 0.0771 e. The molecule has 0 N–H and O–H groups in total. The Morgan fingerprint density at radius 1 is 1.00 bits per heavy atom. The standard InChI is InChI=1S/C12H18N4/c1-9(2)11-5-14-16(8-11)10(3)12-6-13-15(4)7-12/h5-10H,1-4H3. The lowest BCUT2D eigenvalue weighted by molar-refractivity contribution is 0.563. The van der Waals surface area contributed by atoms with Gasteiger partial charge in [-0.15, -0.1) is 0 Å². The van der Waals surface area contributed by atoms with Crippen LogP contribution in [0.25, 0.3) is 0 Å². The van der Waals surface area contributed by atoms with Crippen LogP contribution in [0.5, 0.6) is 0 Å². The van der Waals surface area contributed by atoms with Gasteiger partial charge in [-0.1, -0.05) is 13.8 Å². The van der Waals surface area contributed by atoms with Crippen LogP contribution in [-0.4, -0.2) is 19.6 Å². The molecule has 2 rings (SSSR count). The van der Waals surface area contributed by atoms with Gasteiger partial charge in [0, 0.05) is 25.0 Å². The monoisotopic (exact) mass is 218 g/mol. The maximum absolute atomic E-state index is 4.40. The summed E-state index contributed by atoms with van der Waals surface area (Å²) in [6.07, 6.45) is 7.97. The van der Waals surface area contributed by atoms with E-state index in [0.29, 0.717) is 5.92 Å². The van der Waals surface area contributed by atoms with E-state index in [1.54, 1.807) is 0 Å². The van der Waals surface area contributed by atoms with Gasteiger partial charge in [0.1, 0.15) is 0 Å². The Labute approximate surface area is 95.9 Å². The molecule has 0 spiro atoms. The van der Waals surface area contributed by atoms with Crippen LogP contribution in [-0.2, 0) is 7.05 Å². The van der Waals surface area contributed by atoms with Gasteiger partial charge in [0.2, 0.25) is 0 Å². The lowest BCUT2D eigenvalue weighted by Gasteiger charge is -2.09. The Hall–Kier alpha value is -1.58. The lowest BCUT2D eigenvalue weighted by atomic mass is 10.1. The molecule has 0 aliphatic heterocycles. The summed E-state index contributed by atoms with van der Waals surface area (Å²) < 4.78 is 3.81. The summed E-state index contributed by atoms with van der Waals surface area (Å²) in [5, 5.41) is 8.58. The molecule has 0 saturated carbocycles. The van der Waals surface area contributed by atoms with E-state index < -0.39 is 0 Å². The van der Waals surface area contributed by atoms with E-state index in [2.05, 4.69) is 37.2 Å². The fraction of sp³-hybridized carbons (Fsp3) is 0.500. The van der Waals surface area contributed by atoms with Crippen molar-refractivity contribution in [2.75, 3.05) is 0 Å². The van der Waals surface area contributed by atoms with Crippen molar-refractivity contribution in [2.24, 2.45) is 7.05 Å². The first-order valence-electron chi connectivity index (χ1n) is 5.60. The van der Waals surface area contributed by atoms with Crippen molar-refractivity contribution in [1.82, 2.24) is 19.6 Å². The first kappa shape index (κ1) is 10.9. The summed E-state index contributed by atoms with van der Waals surface area (Å²) in [6.45, 7) is 6.49. The van der Waals surface area contributed by atoms with E-state index in [4.69, 9.17) is 0 Å². The van der Waals surface area contributed by atoms with Gasteiger partial charge in [-0.05, 0) is 18.4 Å². The molecule has 2 aromatic heterocycles. The van der Waals surface area contributed by atoms with Gasteiger partial charge < -0.3 is 0 Å². The first-order valence-corrected chi connectivity index (χ1v) is 5.60. The first-order chi connectivity index (χ1) is 7.58. The van der Waals surface area contributed by atoms with E-state index in [0.717, 1.165) is 0 Å². The molecule has 1 atom stereocenters. The Morgan fingerprint density at radius 3 is 2.19 bits per heavy atom. The highest BCUT2D eigenvalue weighted by atomic mass is 15.3. The summed E-state index contributed by atoms with van der Waals surface area (Å²) in [4.78, 5) is 0. The highest BCUT2D eigenvalue weighted by Crippen LogP contribution is 2.19. The SMILES string of the molecule is CC(C)c1cnn(C(C)c2cnn(C)c2)c1. The molecule has 0 aromatic carbocycles. The van der Waals surface area contributed by atoms with Crippen LogP contribution < -0.4 is 0 Å². The van der Waals surface area contributed by atoms with Crippen molar-refractivity contribution in [3.05, 3.63) is 35.9 Å². The van der Waals surface area contributed by atoms with Crippen LogP contribution in [0.15, 0.2) is 24.8 Å². The van der Waals surface area contributed by atoms with Gasteiger partial charge in [-0.3, -0.25) is 9.36 Å². The second kappa shape index (κ2) is 4.12. The zero-order chi connectivity index (χ0) is 11.7. The summed E-state index contributed by atoms with van der Waals surface area (Å²) in [6, 6.07) is 0.237. The van der Waals surface area contributed by atoms with Crippen LogP contribution in [0, 0.1) is 0 Å². The molecule has 0 radical (unpaired) electrons. The van der Waals surface area contributed by atoms with Crippen molar-refractivity contribution in [2.45, 2.75) is 32.7 Å². The van der Waals surface area contributed by atoms with Crippen molar-refractivity contribution < 1.29 is 0 Å². The van der Waals surface area contributed by atoms with Gasteiger partial charge in [0.25, 0.3) is 0 Å². The summed E-state index contributed by atoms with van der Waals surface area (Å²) >= 11 is 0. The molecule has 1 unspecified atom stereocenters. The number of aryl methyl sites for hydroxylation is 1. The van der Waals surface area contributed by atoms with Crippen molar-refractivity contribution >= 4 is 0 Å². The van der Waals surface area contributed by atoms with E-state index in [1.807, 2.05) is 35.0 Å². The third kappa shape index (κ3) is 2.01. The number of nitrogens with zero attached hydrogens (tertiary/aromatic N) is 4. The molecule has 0 aliphatic carbocycles. The predicted octanol–water partition coefficient (Wildman–Crippen LogP) is 2.35. The minimum Gasteiger partial charge on any atom is -0.275 e. The summed E-state index contributed by atoms with van der Waals surface area (Å²) in [5.74, 6) is 0.523. The van der Waals surface area contributed by atoms with Crippen LogP contribution in [0.1, 0.15) is 43.9 Å². The lowest BCUT2D eigenvalue weighted by Crippen LogP contribution is -2.06. The maximum atomic E-state index is 4.40. The molecule has 4 nitrogen and oxygen atoms in total. The fourth-order valence-electron chi connectivity index (χ4n) is 1.67. The Bertz CT molecular complexity index is 467. The molecule has 2 aromatic rings. The number of hydrogen-bond donors (Lipinski definition) is 0. The Kier molecular flexibility index (Phi) is 2.81. The molecule has 0 saturated heterocycles. The summed E-state index contributed by atoms with van der Waals surface area (Å²) in [7, 11) is 1.93. The second-order valence-electron chi connectivity index (χ2n) is 4.53. The van der Waals surface area contributed by atoms with Crippen LogP contribution >= 0.6 is 0 Å². The summed E-state index contributed by atoms with van der Waals surface area (Å²) in [5.41, 5.74) is 2.46. The molecular formula is C12H18N4. The zero-order valence-electron chi connectivity index (χ0n) is 10.3. The fourth-order valence-corrected chi connectivity index (χ4v) is 1.67. The molecule has 0 fully saturated rings. The van der Waals surface area contributed by atoms with Gasteiger partial charge >= 0.3 is 0 Å². The number of aromatic nitrogens is 4. The highest BCUT2D eigenvalue weighted by Gasteiger charge is 2.11. The topological polar surface area (TPSA) is 35.6 Å². The third-order valence-electron chi connectivity index (χ3n) is 2.89. The number of rotatable bonds is 3. The maximum Gasteiger partial charge on any atom is 0.0771 e. The van der Waals surface area contributed by atoms with Gasteiger partial charge in [0.05, 0.1) is 18.4 Å². The molecule has 0 bridgehead atoms. The molecular weight excluding hydrogens is 200 g/mol. The van der Waals surface area contributed by atoms with E-state index in [-0.39, 0.29) is 6.04 Å². The van der Waals surface area contributed by atoms with Gasteiger partial charge in [0.15, 0.2) is 0 Å². The zero-order valence-corrected chi connectivity index (χ0v) is 10.3. The molecule has 16 heavy (non-hydrogen) atoms. The van der Waals surface area contributed by atoms with Crippen LogP contribution in [0.3, 0.4) is 0 Å². The predicted molar refractivity (Wildman–Crippen MR) is 63.3 cm³/mol. The largest absolute Gasteiger partial charge is 0.275 e. The quantitative estimate of drug-likeness (QED) is 0.792. The minimum absolute atomic E-state index is 0.237. The van der Waals surface area contributed by atoms with Crippen LogP contribution in [0.2, 0.25) is 0 Å². The van der Waals surface area contributed by atoms with Crippen molar-refractivity contribution in [3.63, 3.8) is 0 Å². The minimum atomic E-state index is 0.237. The van der Waals surface area contributed by atoms with E-state index in [9.17, 15) is 0 Å². The second-order valence-corrected chi connectivity index (χ2v) is 4.53. The Balaban J connectivity index is 2.23. The molecule has 0 aliphatic rings. The van der Waals surface area contributed by atoms with Gasteiger partial charge in [-0.25, -0.2) is 0 Å². The molecule has 86 valence electrons.